The van der Waals surface area contributed by atoms with Crippen LogP contribution in [0.4, 0.5) is 5.69 Å². The molecule has 0 saturated heterocycles. The van der Waals surface area contributed by atoms with Gasteiger partial charge in [-0.15, -0.1) is 0 Å². The molecule has 3 N–H and O–H groups in total. The van der Waals surface area contributed by atoms with E-state index in [0.29, 0.717) is 6.54 Å². The lowest BCUT2D eigenvalue weighted by Crippen LogP contribution is -2.31. The summed E-state index contributed by atoms with van der Waals surface area (Å²) in [5, 5.41) is 15.6. The summed E-state index contributed by atoms with van der Waals surface area (Å²) in [7, 11) is 4.09. The molecule has 0 amide bonds. The number of aliphatic hydroxyl groups excluding tert-OH is 1. The van der Waals surface area contributed by atoms with E-state index in [-0.39, 0.29) is 6.10 Å². The van der Waals surface area contributed by atoms with Gasteiger partial charge in [0, 0.05) is 46.0 Å². The summed E-state index contributed by atoms with van der Waals surface area (Å²) in [4.78, 5) is 2.09. The predicted molar refractivity (Wildman–Crippen MR) is 77.0 cm³/mol. The van der Waals surface area contributed by atoms with Crippen LogP contribution < -0.4 is 15.5 Å². The third-order valence-corrected chi connectivity index (χ3v) is 2.70. The van der Waals surface area contributed by atoms with Gasteiger partial charge in [0.2, 0.25) is 0 Å². The van der Waals surface area contributed by atoms with E-state index < -0.39 is 0 Å². The highest BCUT2D eigenvalue weighted by molar-refractivity contribution is 5.45. The van der Waals surface area contributed by atoms with Crippen LogP contribution in [0.1, 0.15) is 12.5 Å². The van der Waals surface area contributed by atoms with E-state index in [1.807, 2.05) is 14.1 Å². The van der Waals surface area contributed by atoms with E-state index in [0.717, 1.165) is 19.6 Å². The summed E-state index contributed by atoms with van der Waals surface area (Å²) in [6.45, 7) is 5.10. The van der Waals surface area contributed by atoms with Gasteiger partial charge in [-0.2, -0.15) is 0 Å². The summed E-state index contributed by atoms with van der Waals surface area (Å²) in [5.74, 6) is 0. The normalized spacial score (nSPS) is 12.4. The van der Waals surface area contributed by atoms with Gasteiger partial charge >= 0.3 is 0 Å². The minimum Gasteiger partial charge on any atom is -0.392 e. The minimum absolute atomic E-state index is 0.274. The number of rotatable bonds is 8. The molecule has 1 atom stereocenters. The van der Waals surface area contributed by atoms with Gasteiger partial charge < -0.3 is 20.6 Å². The lowest BCUT2D eigenvalue weighted by atomic mass is 10.2. The van der Waals surface area contributed by atoms with Gasteiger partial charge in [0.15, 0.2) is 0 Å². The average molecular weight is 251 g/mol. The number of nitrogens with one attached hydrogen (secondary N) is 2. The van der Waals surface area contributed by atoms with Crippen LogP contribution in [0.25, 0.3) is 0 Å². The Hall–Kier alpha value is -1.10. The first-order chi connectivity index (χ1) is 8.59. The summed E-state index contributed by atoms with van der Waals surface area (Å²) < 4.78 is 0. The Kier molecular flexibility index (Phi) is 6.72. The van der Waals surface area contributed by atoms with E-state index in [2.05, 4.69) is 39.8 Å². The second-order valence-electron chi connectivity index (χ2n) is 4.79. The molecular weight excluding hydrogens is 226 g/mol. The van der Waals surface area contributed by atoms with Crippen molar-refractivity contribution in [3.63, 3.8) is 0 Å². The molecule has 1 aromatic carbocycles. The number of anilines is 1. The van der Waals surface area contributed by atoms with Crippen LogP contribution in [-0.4, -0.2) is 44.9 Å². The highest BCUT2D eigenvalue weighted by atomic mass is 16.3. The van der Waals surface area contributed by atoms with Crippen LogP contribution in [0.3, 0.4) is 0 Å². The fraction of sp³-hybridized carbons (Fsp3) is 0.571. The van der Waals surface area contributed by atoms with E-state index >= 15 is 0 Å². The molecule has 0 aliphatic rings. The fourth-order valence-corrected chi connectivity index (χ4v) is 1.63. The van der Waals surface area contributed by atoms with Crippen molar-refractivity contribution in [1.29, 1.82) is 0 Å². The fourth-order valence-electron chi connectivity index (χ4n) is 1.63. The van der Waals surface area contributed by atoms with Gasteiger partial charge in [-0.3, -0.25) is 0 Å². The molecule has 0 heterocycles. The first-order valence-electron chi connectivity index (χ1n) is 6.45. The summed E-state index contributed by atoms with van der Waals surface area (Å²) in [5.41, 5.74) is 2.51. The minimum atomic E-state index is -0.274. The zero-order valence-electron chi connectivity index (χ0n) is 11.6. The first kappa shape index (κ1) is 15.0. The number of hydrogen-bond acceptors (Lipinski definition) is 4. The second kappa shape index (κ2) is 8.08. The predicted octanol–water partition coefficient (Wildman–Crippen LogP) is 0.813. The van der Waals surface area contributed by atoms with Crippen molar-refractivity contribution in [3.05, 3.63) is 29.8 Å². The molecular formula is C14H25N3O. The van der Waals surface area contributed by atoms with Crippen LogP contribution in [0, 0.1) is 0 Å². The molecule has 1 aromatic rings. The van der Waals surface area contributed by atoms with Crippen LogP contribution in [-0.2, 0) is 6.54 Å². The smallest absolute Gasteiger partial charge is 0.0636 e. The Morgan fingerprint density at radius 2 is 1.72 bits per heavy atom. The number of hydrogen-bond donors (Lipinski definition) is 3. The summed E-state index contributed by atoms with van der Waals surface area (Å²) >= 11 is 0. The molecule has 0 spiro atoms. The number of nitrogens with zero attached hydrogens (tertiary/aromatic N) is 1. The highest BCUT2D eigenvalue weighted by Gasteiger charge is 1.96. The van der Waals surface area contributed by atoms with E-state index in [1.54, 1.807) is 6.92 Å². The Balaban J connectivity index is 2.15. The monoisotopic (exact) mass is 251 g/mol. The molecule has 0 radical (unpaired) electrons. The van der Waals surface area contributed by atoms with Crippen molar-refractivity contribution in [3.8, 4) is 0 Å². The molecule has 0 fully saturated rings. The Labute approximate surface area is 110 Å². The molecule has 0 aliphatic heterocycles. The van der Waals surface area contributed by atoms with Crippen molar-refractivity contribution < 1.29 is 5.11 Å². The van der Waals surface area contributed by atoms with E-state index in [4.69, 9.17) is 5.11 Å². The van der Waals surface area contributed by atoms with Crippen molar-refractivity contribution in [2.24, 2.45) is 0 Å². The molecule has 1 rings (SSSR count). The van der Waals surface area contributed by atoms with Crippen LogP contribution in [0.2, 0.25) is 0 Å². The standard InChI is InChI=1S/C14H25N3O/c1-12(18)10-15-8-9-16-11-13-4-6-14(7-5-13)17(2)3/h4-7,12,15-16,18H,8-11H2,1-3H3. The molecule has 4 nitrogen and oxygen atoms in total. The zero-order valence-corrected chi connectivity index (χ0v) is 11.6. The van der Waals surface area contributed by atoms with E-state index in [9.17, 15) is 0 Å². The van der Waals surface area contributed by atoms with Crippen LogP contribution >= 0.6 is 0 Å². The molecule has 102 valence electrons. The maximum Gasteiger partial charge on any atom is 0.0636 e. The van der Waals surface area contributed by atoms with Crippen molar-refractivity contribution >= 4 is 5.69 Å². The first-order valence-corrected chi connectivity index (χ1v) is 6.45. The Bertz CT molecular complexity index is 322. The average Bonchev–Trinajstić information content (AvgIpc) is 2.34. The Morgan fingerprint density at radius 1 is 1.11 bits per heavy atom. The van der Waals surface area contributed by atoms with Crippen molar-refractivity contribution in [2.45, 2.75) is 19.6 Å². The molecule has 4 heteroatoms. The third-order valence-electron chi connectivity index (χ3n) is 2.70. The van der Waals surface area contributed by atoms with Gasteiger partial charge in [-0.05, 0) is 24.6 Å². The molecule has 18 heavy (non-hydrogen) atoms. The van der Waals surface area contributed by atoms with Crippen molar-refractivity contribution in [2.75, 3.05) is 38.6 Å². The quantitative estimate of drug-likeness (QED) is 0.599. The lowest BCUT2D eigenvalue weighted by molar-refractivity contribution is 0.191. The van der Waals surface area contributed by atoms with Crippen LogP contribution in [0.15, 0.2) is 24.3 Å². The maximum atomic E-state index is 9.07. The molecule has 0 bridgehead atoms. The topological polar surface area (TPSA) is 47.5 Å². The lowest BCUT2D eigenvalue weighted by Gasteiger charge is -2.13. The van der Waals surface area contributed by atoms with E-state index in [1.165, 1.54) is 11.3 Å². The second-order valence-corrected chi connectivity index (χ2v) is 4.79. The van der Waals surface area contributed by atoms with Gasteiger partial charge in [-0.1, -0.05) is 12.1 Å². The molecule has 1 unspecified atom stereocenters. The van der Waals surface area contributed by atoms with Gasteiger partial charge in [0.25, 0.3) is 0 Å². The largest absolute Gasteiger partial charge is 0.392 e. The van der Waals surface area contributed by atoms with Gasteiger partial charge in [0.1, 0.15) is 0 Å². The zero-order chi connectivity index (χ0) is 13.4. The third kappa shape index (κ3) is 6.00. The van der Waals surface area contributed by atoms with Gasteiger partial charge in [-0.25, -0.2) is 0 Å². The number of aliphatic hydroxyl groups is 1. The molecule has 0 aliphatic carbocycles. The highest BCUT2D eigenvalue weighted by Crippen LogP contribution is 2.11. The number of benzene rings is 1. The molecule has 0 aromatic heterocycles. The van der Waals surface area contributed by atoms with Crippen molar-refractivity contribution in [1.82, 2.24) is 10.6 Å². The maximum absolute atomic E-state index is 9.07. The summed E-state index contributed by atoms with van der Waals surface area (Å²) in [6, 6.07) is 8.54. The molecule has 0 saturated carbocycles. The van der Waals surface area contributed by atoms with Gasteiger partial charge in [0.05, 0.1) is 6.10 Å². The SMILES string of the molecule is CC(O)CNCCNCc1ccc(N(C)C)cc1. The van der Waals surface area contributed by atoms with Crippen LogP contribution in [0.5, 0.6) is 0 Å². The summed E-state index contributed by atoms with van der Waals surface area (Å²) in [6.07, 6.45) is -0.274. The Morgan fingerprint density at radius 3 is 2.28 bits per heavy atom.